The fourth-order valence-electron chi connectivity index (χ4n) is 3.93. The second-order valence-electron chi connectivity index (χ2n) is 7.73. The van der Waals surface area contributed by atoms with Gasteiger partial charge in [0.1, 0.15) is 12.4 Å². The second kappa shape index (κ2) is 8.12. The summed E-state index contributed by atoms with van der Waals surface area (Å²) in [5, 5.41) is 0. The molecule has 1 atom stereocenters. The molecule has 0 saturated heterocycles. The third kappa shape index (κ3) is 3.85. The molecule has 1 unspecified atom stereocenters. The molecule has 32 heavy (non-hydrogen) atoms. The molecule has 3 N–H and O–H groups in total. The minimum Gasteiger partial charge on any atom is -0.491 e. The van der Waals surface area contributed by atoms with E-state index in [-0.39, 0.29) is 5.91 Å². The average molecular weight is 447 g/mol. The van der Waals surface area contributed by atoms with Crippen molar-refractivity contribution in [3.8, 4) is 16.9 Å². The van der Waals surface area contributed by atoms with Gasteiger partial charge in [-0.05, 0) is 59.7 Å². The van der Waals surface area contributed by atoms with E-state index in [1.165, 1.54) is 0 Å². The zero-order valence-corrected chi connectivity index (χ0v) is 18.3. The summed E-state index contributed by atoms with van der Waals surface area (Å²) < 4.78 is 17.5. The molecule has 0 saturated carbocycles. The Bertz CT molecular complexity index is 1350. The number of anilines is 1. The molecule has 0 radical (unpaired) electrons. The van der Waals surface area contributed by atoms with Crippen molar-refractivity contribution < 1.29 is 13.7 Å². The maximum atomic E-state index is 13.1. The third-order valence-electron chi connectivity index (χ3n) is 5.59. The number of rotatable bonds is 3. The first-order chi connectivity index (χ1) is 15.5. The number of imidazole rings is 1. The maximum Gasteiger partial charge on any atom is 0.254 e. The highest BCUT2D eigenvalue weighted by molar-refractivity contribution is 7.84. The number of hydrogen-bond donors (Lipinski definition) is 2. The lowest BCUT2D eigenvalue weighted by atomic mass is 10.0. The quantitative estimate of drug-likeness (QED) is 0.501. The van der Waals surface area contributed by atoms with Gasteiger partial charge < -0.3 is 20.4 Å². The van der Waals surface area contributed by atoms with Crippen LogP contribution >= 0.6 is 0 Å². The van der Waals surface area contributed by atoms with Crippen LogP contribution < -0.4 is 10.5 Å². The highest BCUT2D eigenvalue weighted by Crippen LogP contribution is 2.31. The number of hydrogen-bond acceptors (Lipinski definition) is 5. The van der Waals surface area contributed by atoms with Crippen molar-refractivity contribution in [2.45, 2.75) is 11.4 Å². The number of nitrogens with one attached hydrogen (secondary N) is 1. The Kier molecular flexibility index (Phi) is 5.14. The van der Waals surface area contributed by atoms with Crippen LogP contribution in [0.25, 0.3) is 22.2 Å². The van der Waals surface area contributed by atoms with Crippen LogP contribution in [0.2, 0.25) is 0 Å². The Labute approximate surface area is 187 Å². The number of aromatic amines is 1. The zero-order chi connectivity index (χ0) is 22.2. The van der Waals surface area contributed by atoms with Crippen molar-refractivity contribution >= 4 is 33.7 Å². The number of nitrogens with two attached hydrogens (primary N) is 1. The van der Waals surface area contributed by atoms with Gasteiger partial charge >= 0.3 is 0 Å². The molecule has 1 amide bonds. The van der Waals surface area contributed by atoms with Crippen molar-refractivity contribution in [2.24, 2.45) is 0 Å². The summed E-state index contributed by atoms with van der Waals surface area (Å²) in [6.45, 7) is 1.36. The van der Waals surface area contributed by atoms with Gasteiger partial charge in [-0.25, -0.2) is 4.98 Å². The van der Waals surface area contributed by atoms with E-state index in [9.17, 15) is 9.00 Å². The minimum atomic E-state index is -1.07. The first kappa shape index (κ1) is 20.3. The standard InChI is InChI=1S/C24H22N4O3S/c1-32(30)19-6-2-15(3-7-19)23(29)28-10-11-31-22-9-5-16(12-18(22)14-28)17-4-8-20-21(13-17)27-24(25)26-20/h2-9,12-13H,10-11,14H2,1H3,(H3,25,26,27). The van der Waals surface area contributed by atoms with Gasteiger partial charge in [0, 0.05) is 39.6 Å². The van der Waals surface area contributed by atoms with Gasteiger partial charge in [-0.15, -0.1) is 0 Å². The number of benzene rings is 3. The molecule has 0 aliphatic carbocycles. The number of aromatic nitrogens is 2. The highest BCUT2D eigenvalue weighted by Gasteiger charge is 2.22. The Morgan fingerprint density at radius 1 is 1.09 bits per heavy atom. The summed E-state index contributed by atoms with van der Waals surface area (Å²) in [6.07, 6.45) is 1.62. The lowest BCUT2D eigenvalue weighted by molar-refractivity contribution is 0.0733. The molecular weight excluding hydrogens is 424 g/mol. The van der Waals surface area contributed by atoms with Crippen LogP contribution in [0.15, 0.2) is 65.6 Å². The van der Waals surface area contributed by atoms with Crippen LogP contribution in [-0.4, -0.2) is 44.4 Å². The van der Waals surface area contributed by atoms with E-state index < -0.39 is 10.8 Å². The normalized spacial score (nSPS) is 14.5. The van der Waals surface area contributed by atoms with E-state index in [2.05, 4.69) is 16.0 Å². The Morgan fingerprint density at radius 2 is 1.84 bits per heavy atom. The summed E-state index contributed by atoms with van der Waals surface area (Å²) in [5.41, 5.74) is 11.0. The van der Waals surface area contributed by atoms with E-state index >= 15 is 0 Å². The van der Waals surface area contributed by atoms with Gasteiger partial charge in [0.25, 0.3) is 5.91 Å². The van der Waals surface area contributed by atoms with Gasteiger partial charge in [0.15, 0.2) is 5.95 Å². The molecule has 1 aromatic heterocycles. The van der Waals surface area contributed by atoms with Gasteiger partial charge in [-0.3, -0.25) is 9.00 Å². The molecule has 0 spiro atoms. The molecule has 2 heterocycles. The van der Waals surface area contributed by atoms with Crippen LogP contribution in [0, 0.1) is 0 Å². The first-order valence-electron chi connectivity index (χ1n) is 10.2. The first-order valence-corrected chi connectivity index (χ1v) is 11.8. The highest BCUT2D eigenvalue weighted by atomic mass is 32.2. The molecule has 162 valence electrons. The summed E-state index contributed by atoms with van der Waals surface area (Å²) in [4.78, 5) is 22.9. The molecule has 8 heteroatoms. The van der Waals surface area contributed by atoms with Crippen LogP contribution in [0.3, 0.4) is 0 Å². The number of H-pyrrole nitrogens is 1. The van der Waals surface area contributed by atoms with Crippen molar-refractivity contribution in [1.82, 2.24) is 14.9 Å². The van der Waals surface area contributed by atoms with Gasteiger partial charge in [-0.2, -0.15) is 0 Å². The molecule has 4 aromatic rings. The fourth-order valence-corrected chi connectivity index (χ4v) is 4.45. The second-order valence-corrected chi connectivity index (χ2v) is 9.11. The van der Waals surface area contributed by atoms with Crippen molar-refractivity contribution in [3.05, 3.63) is 71.8 Å². The topological polar surface area (TPSA) is 101 Å². The number of carbonyl (C=O) groups is 1. The Morgan fingerprint density at radius 3 is 2.62 bits per heavy atom. The molecule has 3 aromatic carbocycles. The van der Waals surface area contributed by atoms with Gasteiger partial charge in [0.2, 0.25) is 0 Å². The summed E-state index contributed by atoms with van der Waals surface area (Å²) >= 11 is 0. The monoisotopic (exact) mass is 446 g/mol. The van der Waals surface area contributed by atoms with Crippen LogP contribution in [-0.2, 0) is 17.3 Å². The number of fused-ring (bicyclic) bond motifs is 2. The molecule has 0 bridgehead atoms. The van der Waals surface area contributed by atoms with Crippen LogP contribution in [0.5, 0.6) is 5.75 Å². The Hall–Kier alpha value is -3.65. The van der Waals surface area contributed by atoms with Gasteiger partial charge in [0.05, 0.1) is 17.6 Å². The predicted octanol–water partition coefficient (Wildman–Crippen LogP) is 3.58. The van der Waals surface area contributed by atoms with Crippen LogP contribution in [0.1, 0.15) is 15.9 Å². The van der Waals surface area contributed by atoms with Crippen molar-refractivity contribution in [3.63, 3.8) is 0 Å². The van der Waals surface area contributed by atoms with Crippen molar-refractivity contribution in [1.29, 1.82) is 0 Å². The summed E-state index contributed by atoms with van der Waals surface area (Å²) in [6, 6.07) is 18.9. The predicted molar refractivity (Wildman–Crippen MR) is 125 cm³/mol. The summed E-state index contributed by atoms with van der Waals surface area (Å²) in [7, 11) is -1.07. The molecule has 5 rings (SSSR count). The number of nitrogens with zero attached hydrogens (tertiary/aromatic N) is 2. The number of ether oxygens (including phenoxy) is 1. The van der Waals surface area contributed by atoms with Gasteiger partial charge in [-0.1, -0.05) is 12.1 Å². The number of nitrogen functional groups attached to an aromatic ring is 1. The van der Waals surface area contributed by atoms with E-state index in [1.807, 2.05) is 30.3 Å². The number of amides is 1. The molecule has 0 fully saturated rings. The van der Waals surface area contributed by atoms with E-state index in [0.29, 0.717) is 36.1 Å². The zero-order valence-electron chi connectivity index (χ0n) is 17.5. The van der Waals surface area contributed by atoms with E-state index in [1.54, 1.807) is 35.4 Å². The minimum absolute atomic E-state index is 0.0744. The van der Waals surface area contributed by atoms with E-state index in [0.717, 1.165) is 33.5 Å². The van der Waals surface area contributed by atoms with Crippen molar-refractivity contribution in [2.75, 3.05) is 25.1 Å². The smallest absolute Gasteiger partial charge is 0.254 e. The average Bonchev–Trinajstić information content (AvgIpc) is 3.04. The number of carbonyl (C=O) groups excluding carboxylic acids is 1. The maximum absolute atomic E-state index is 13.1. The largest absolute Gasteiger partial charge is 0.491 e. The van der Waals surface area contributed by atoms with Crippen LogP contribution in [0.4, 0.5) is 5.95 Å². The fraction of sp³-hybridized carbons (Fsp3) is 0.167. The summed E-state index contributed by atoms with van der Waals surface area (Å²) in [5.74, 6) is 1.10. The molecule has 7 nitrogen and oxygen atoms in total. The molecule has 1 aliphatic heterocycles. The lowest BCUT2D eigenvalue weighted by Gasteiger charge is -2.20. The third-order valence-corrected chi connectivity index (χ3v) is 6.53. The van der Waals surface area contributed by atoms with E-state index in [4.69, 9.17) is 10.5 Å². The lowest BCUT2D eigenvalue weighted by Crippen LogP contribution is -2.32. The molecule has 1 aliphatic rings. The SMILES string of the molecule is CS(=O)c1ccc(C(=O)N2CCOc3ccc(-c4ccc5nc(N)[nH]c5c4)cc3C2)cc1. The Balaban J connectivity index is 1.43. The molecular formula is C24H22N4O3S.